The maximum Gasteiger partial charge on any atom is 0.0729 e. The van der Waals surface area contributed by atoms with Crippen LogP contribution in [0.5, 0.6) is 0 Å². The Morgan fingerprint density at radius 1 is 1.07 bits per heavy atom. The monoisotopic (exact) mass is 362 g/mol. The van der Waals surface area contributed by atoms with E-state index in [0.29, 0.717) is 0 Å². The van der Waals surface area contributed by atoms with Crippen molar-refractivity contribution in [2.45, 2.75) is 64.8 Å². The average molecular weight is 363 g/mol. The molecular weight excluding hydrogens is 332 g/mol. The van der Waals surface area contributed by atoms with E-state index >= 15 is 0 Å². The zero-order valence-corrected chi connectivity index (χ0v) is 17.1. The van der Waals surface area contributed by atoms with Crippen molar-refractivity contribution in [3.63, 3.8) is 0 Å². The predicted octanol–water partition coefficient (Wildman–Crippen LogP) is 4.42. The first-order chi connectivity index (χ1) is 12.8. The average Bonchev–Trinajstić information content (AvgIpc) is 3.05. The molecule has 4 nitrogen and oxygen atoms in total. The molecule has 1 aliphatic rings. The number of hydrogen-bond donors (Lipinski definition) is 2. The summed E-state index contributed by atoms with van der Waals surface area (Å²) in [6.07, 6.45) is 5.99. The van der Waals surface area contributed by atoms with Crippen molar-refractivity contribution in [1.29, 1.82) is 0 Å². The summed E-state index contributed by atoms with van der Waals surface area (Å²) < 4.78 is 0. The van der Waals surface area contributed by atoms with Gasteiger partial charge in [0.25, 0.3) is 0 Å². The lowest BCUT2D eigenvalue weighted by molar-refractivity contribution is 0.495. The minimum Gasteiger partial charge on any atom is -0.312 e. The summed E-state index contributed by atoms with van der Waals surface area (Å²) in [5, 5.41) is 14.0. The van der Waals surface area contributed by atoms with Gasteiger partial charge in [0.2, 0.25) is 0 Å². The fourth-order valence-corrected chi connectivity index (χ4v) is 4.30. The number of H-pyrrole nitrogens is 1. The van der Waals surface area contributed by atoms with E-state index in [2.05, 4.69) is 68.2 Å². The molecule has 3 heterocycles. The third-order valence-corrected chi connectivity index (χ3v) is 5.73. The molecule has 4 heteroatoms. The molecule has 4 rings (SSSR count). The van der Waals surface area contributed by atoms with E-state index in [0.717, 1.165) is 25.9 Å². The summed E-state index contributed by atoms with van der Waals surface area (Å²) in [4.78, 5) is 4.45. The van der Waals surface area contributed by atoms with Crippen LogP contribution in [-0.4, -0.2) is 21.7 Å². The van der Waals surface area contributed by atoms with Crippen LogP contribution in [0.25, 0.3) is 10.8 Å². The third kappa shape index (κ3) is 3.39. The van der Waals surface area contributed by atoms with Gasteiger partial charge in [-0.05, 0) is 28.3 Å². The molecule has 0 aliphatic carbocycles. The Kier molecular flexibility index (Phi) is 4.34. The fourth-order valence-electron chi connectivity index (χ4n) is 4.30. The quantitative estimate of drug-likeness (QED) is 0.725. The van der Waals surface area contributed by atoms with Crippen molar-refractivity contribution >= 4 is 10.8 Å². The minimum absolute atomic E-state index is 0.0221. The molecule has 0 atom stereocenters. The molecule has 2 N–H and O–H groups in total. The van der Waals surface area contributed by atoms with Gasteiger partial charge in [-0.25, -0.2) is 0 Å². The van der Waals surface area contributed by atoms with Crippen LogP contribution in [0.15, 0.2) is 30.6 Å². The third-order valence-electron chi connectivity index (χ3n) is 5.73. The predicted molar refractivity (Wildman–Crippen MR) is 111 cm³/mol. The summed E-state index contributed by atoms with van der Waals surface area (Å²) in [5.74, 6) is 0. The number of aromatic nitrogens is 3. The fraction of sp³-hybridized carbons (Fsp3) is 0.478. The van der Waals surface area contributed by atoms with Gasteiger partial charge in [0.15, 0.2) is 0 Å². The summed E-state index contributed by atoms with van der Waals surface area (Å²) >= 11 is 0. The SMILES string of the molecule is CC(C)(C)c1cncc2ccc(CC(C)(C)c3n[nH]c4c3CNCC4)cc12. The first kappa shape index (κ1) is 18.2. The molecule has 1 aromatic carbocycles. The Morgan fingerprint density at radius 3 is 2.67 bits per heavy atom. The van der Waals surface area contributed by atoms with E-state index in [9.17, 15) is 0 Å². The van der Waals surface area contributed by atoms with Crippen LogP contribution in [0.1, 0.15) is 62.7 Å². The van der Waals surface area contributed by atoms with E-state index < -0.39 is 0 Å². The minimum atomic E-state index is -0.0221. The molecule has 27 heavy (non-hydrogen) atoms. The van der Waals surface area contributed by atoms with Crippen LogP contribution >= 0.6 is 0 Å². The maximum atomic E-state index is 4.71. The lowest BCUT2D eigenvalue weighted by Gasteiger charge is -2.26. The van der Waals surface area contributed by atoms with Crippen LogP contribution in [-0.2, 0) is 30.2 Å². The van der Waals surface area contributed by atoms with Gasteiger partial charge in [-0.1, -0.05) is 52.8 Å². The molecular formula is C23H30N4. The molecule has 3 aromatic rings. The first-order valence-corrected chi connectivity index (χ1v) is 9.90. The highest BCUT2D eigenvalue weighted by molar-refractivity contribution is 5.86. The van der Waals surface area contributed by atoms with Crippen LogP contribution in [0.4, 0.5) is 0 Å². The molecule has 0 amide bonds. The second-order valence-corrected chi connectivity index (χ2v) is 9.51. The lowest BCUT2D eigenvalue weighted by Crippen LogP contribution is -2.28. The summed E-state index contributed by atoms with van der Waals surface area (Å²) in [5.41, 5.74) is 6.59. The van der Waals surface area contributed by atoms with Crippen molar-refractivity contribution in [2.75, 3.05) is 6.54 Å². The topological polar surface area (TPSA) is 53.6 Å². The highest BCUT2D eigenvalue weighted by Gasteiger charge is 2.30. The Morgan fingerprint density at radius 2 is 1.89 bits per heavy atom. The van der Waals surface area contributed by atoms with Crippen LogP contribution in [0.3, 0.4) is 0 Å². The summed E-state index contributed by atoms with van der Waals surface area (Å²) in [6, 6.07) is 6.82. The van der Waals surface area contributed by atoms with Gasteiger partial charge in [0.05, 0.1) is 5.69 Å². The van der Waals surface area contributed by atoms with Crippen LogP contribution in [0, 0.1) is 0 Å². The zero-order chi connectivity index (χ0) is 19.2. The zero-order valence-electron chi connectivity index (χ0n) is 17.1. The molecule has 0 saturated heterocycles. The molecule has 0 fully saturated rings. The Labute approximate surface area is 161 Å². The van der Waals surface area contributed by atoms with Gasteiger partial charge < -0.3 is 5.32 Å². The van der Waals surface area contributed by atoms with Gasteiger partial charge in [-0.3, -0.25) is 10.1 Å². The molecule has 0 unspecified atom stereocenters. The molecule has 2 aromatic heterocycles. The highest BCUT2D eigenvalue weighted by atomic mass is 15.1. The number of fused-ring (bicyclic) bond motifs is 2. The number of nitrogens with zero attached hydrogens (tertiary/aromatic N) is 2. The van der Waals surface area contributed by atoms with Gasteiger partial charge in [-0.15, -0.1) is 0 Å². The molecule has 0 radical (unpaired) electrons. The van der Waals surface area contributed by atoms with Gasteiger partial charge >= 0.3 is 0 Å². The lowest BCUT2D eigenvalue weighted by atomic mass is 9.79. The van der Waals surface area contributed by atoms with Crippen molar-refractivity contribution < 1.29 is 0 Å². The van der Waals surface area contributed by atoms with Gasteiger partial charge in [-0.2, -0.15) is 5.10 Å². The first-order valence-electron chi connectivity index (χ1n) is 9.90. The van der Waals surface area contributed by atoms with Crippen molar-refractivity contribution in [2.24, 2.45) is 0 Å². The Balaban J connectivity index is 1.71. The van der Waals surface area contributed by atoms with Crippen molar-refractivity contribution in [1.82, 2.24) is 20.5 Å². The van der Waals surface area contributed by atoms with E-state index in [4.69, 9.17) is 5.10 Å². The highest BCUT2D eigenvalue weighted by Crippen LogP contribution is 2.34. The number of nitrogens with one attached hydrogen (secondary N) is 2. The number of aromatic amines is 1. The van der Waals surface area contributed by atoms with E-state index in [1.807, 2.05) is 12.4 Å². The summed E-state index contributed by atoms with van der Waals surface area (Å²) in [7, 11) is 0. The van der Waals surface area contributed by atoms with Crippen LogP contribution in [0.2, 0.25) is 0 Å². The van der Waals surface area contributed by atoms with E-state index in [1.54, 1.807) is 0 Å². The van der Waals surface area contributed by atoms with E-state index in [-0.39, 0.29) is 10.8 Å². The van der Waals surface area contributed by atoms with Crippen molar-refractivity contribution in [3.8, 4) is 0 Å². The van der Waals surface area contributed by atoms with Gasteiger partial charge in [0, 0.05) is 54.0 Å². The maximum absolute atomic E-state index is 4.71. The molecule has 142 valence electrons. The van der Waals surface area contributed by atoms with Gasteiger partial charge in [0.1, 0.15) is 0 Å². The number of benzene rings is 1. The van der Waals surface area contributed by atoms with Crippen molar-refractivity contribution in [3.05, 3.63) is 58.7 Å². The Hall–Kier alpha value is -2.20. The molecule has 0 bridgehead atoms. The number of pyridine rings is 1. The number of rotatable bonds is 3. The standard InChI is InChI=1S/C23H30N4/c1-22(2,3)19-14-25-12-16-7-6-15(10-17(16)19)11-23(4,5)21-18-13-24-9-8-20(18)26-27-21/h6-7,10,12,14,24H,8-9,11,13H2,1-5H3,(H,26,27). The number of hydrogen-bond acceptors (Lipinski definition) is 3. The van der Waals surface area contributed by atoms with Crippen LogP contribution < -0.4 is 5.32 Å². The molecule has 0 spiro atoms. The normalized spacial score (nSPS) is 15.1. The Bertz CT molecular complexity index is 976. The second kappa shape index (κ2) is 6.45. The largest absolute Gasteiger partial charge is 0.312 e. The molecule has 0 saturated carbocycles. The smallest absolute Gasteiger partial charge is 0.0729 e. The second-order valence-electron chi connectivity index (χ2n) is 9.51. The van der Waals surface area contributed by atoms with E-state index in [1.165, 1.54) is 38.9 Å². The summed E-state index contributed by atoms with van der Waals surface area (Å²) in [6.45, 7) is 13.3. The molecule has 1 aliphatic heterocycles.